The highest BCUT2D eigenvalue weighted by Gasteiger charge is 2.39. The van der Waals surface area contributed by atoms with Gasteiger partial charge >= 0.3 is 6.09 Å². The smallest absolute Gasteiger partial charge is 0.410 e. The van der Waals surface area contributed by atoms with Crippen molar-refractivity contribution in [3.05, 3.63) is 62.5 Å². The molecule has 1 saturated heterocycles. The molecule has 1 aliphatic heterocycles. The predicted octanol–water partition coefficient (Wildman–Crippen LogP) is 4.61. The van der Waals surface area contributed by atoms with Crippen LogP contribution in [0.1, 0.15) is 43.1 Å². The lowest BCUT2D eigenvalue weighted by atomic mass is 10.1. The van der Waals surface area contributed by atoms with Gasteiger partial charge in [0.15, 0.2) is 0 Å². The van der Waals surface area contributed by atoms with E-state index < -0.39 is 33.8 Å². The van der Waals surface area contributed by atoms with Gasteiger partial charge < -0.3 is 15.0 Å². The summed E-state index contributed by atoms with van der Waals surface area (Å²) in [6, 6.07) is 11.1. The number of likely N-dealkylation sites (tertiary alicyclic amines) is 1. The molecule has 190 valence electrons. The number of carbonyl (C=O) groups excluding carboxylic acids is 2. The predicted molar refractivity (Wildman–Crippen MR) is 141 cm³/mol. The number of nitrogens with one attached hydrogen (secondary N) is 2. The molecule has 0 aromatic heterocycles. The summed E-state index contributed by atoms with van der Waals surface area (Å²) in [6.45, 7) is 7.47. The van der Waals surface area contributed by atoms with Crippen LogP contribution in [0.15, 0.2) is 56.3 Å². The fourth-order valence-corrected chi connectivity index (χ4v) is 6.55. The van der Waals surface area contributed by atoms with Crippen molar-refractivity contribution in [3.63, 3.8) is 0 Å². The first-order valence-electron chi connectivity index (χ1n) is 11.1. The molecule has 1 aliphatic rings. The van der Waals surface area contributed by atoms with Crippen molar-refractivity contribution in [2.75, 3.05) is 13.1 Å². The summed E-state index contributed by atoms with van der Waals surface area (Å²) in [6.07, 6.45) is -0.240. The highest BCUT2D eigenvalue weighted by molar-refractivity contribution is 9.11. The van der Waals surface area contributed by atoms with Crippen LogP contribution in [0.25, 0.3) is 0 Å². The molecule has 0 aliphatic carbocycles. The number of sulfonamides is 1. The first-order chi connectivity index (χ1) is 16.2. The summed E-state index contributed by atoms with van der Waals surface area (Å²) >= 11 is 6.59. The first kappa shape index (κ1) is 27.6. The molecule has 2 aromatic carbocycles. The number of hydrogen-bond acceptors (Lipinski definition) is 5. The van der Waals surface area contributed by atoms with Gasteiger partial charge in [-0.2, -0.15) is 0 Å². The van der Waals surface area contributed by atoms with Gasteiger partial charge in [-0.05, 0) is 80.4 Å². The van der Waals surface area contributed by atoms with E-state index in [2.05, 4.69) is 41.9 Å². The fraction of sp³-hybridized carbons (Fsp3) is 0.417. The molecule has 1 fully saturated rings. The summed E-state index contributed by atoms with van der Waals surface area (Å²) in [5.41, 5.74) is 0.760. The highest BCUT2D eigenvalue weighted by atomic mass is 79.9. The number of ether oxygens (including phenoxy) is 1. The van der Waals surface area contributed by atoms with Gasteiger partial charge in [-0.3, -0.25) is 4.79 Å². The molecule has 2 amide bonds. The lowest BCUT2D eigenvalue weighted by Crippen LogP contribution is -2.45. The Bertz CT molecular complexity index is 1210. The molecule has 8 nitrogen and oxygen atoms in total. The van der Waals surface area contributed by atoms with Gasteiger partial charge in [0.2, 0.25) is 10.0 Å². The number of amides is 2. The van der Waals surface area contributed by atoms with E-state index >= 15 is 0 Å². The maximum Gasteiger partial charge on any atom is 0.410 e. The monoisotopic (exact) mass is 629 g/mol. The van der Waals surface area contributed by atoms with Crippen LogP contribution in [0.2, 0.25) is 0 Å². The van der Waals surface area contributed by atoms with Crippen LogP contribution in [0.5, 0.6) is 0 Å². The van der Waals surface area contributed by atoms with Gasteiger partial charge in [0.05, 0.1) is 10.9 Å². The quantitative estimate of drug-likeness (QED) is 0.485. The SMILES string of the molecule is Cc1cccc(C(=O)NC[C@H]2C[C@@H](NS(=O)(=O)c3cc(Br)ccc3Br)CN2C(=O)OC(C)(C)C)c1. The van der Waals surface area contributed by atoms with Crippen molar-refractivity contribution in [1.29, 1.82) is 0 Å². The van der Waals surface area contributed by atoms with E-state index in [1.165, 1.54) is 11.0 Å². The number of benzene rings is 2. The molecule has 0 unspecified atom stereocenters. The number of carbonyl (C=O) groups is 2. The van der Waals surface area contributed by atoms with Gasteiger partial charge in [0, 0.05) is 33.6 Å². The van der Waals surface area contributed by atoms with Crippen molar-refractivity contribution in [2.24, 2.45) is 0 Å². The summed E-state index contributed by atoms with van der Waals surface area (Å²) < 4.78 is 35.5. The van der Waals surface area contributed by atoms with Crippen LogP contribution >= 0.6 is 31.9 Å². The third kappa shape index (κ3) is 7.52. The van der Waals surface area contributed by atoms with E-state index in [0.717, 1.165) is 5.56 Å². The Labute approximate surface area is 223 Å². The molecule has 0 spiro atoms. The van der Waals surface area contributed by atoms with Gasteiger partial charge in [-0.15, -0.1) is 0 Å². The molecule has 35 heavy (non-hydrogen) atoms. The van der Waals surface area contributed by atoms with Gasteiger partial charge in [-0.1, -0.05) is 33.6 Å². The van der Waals surface area contributed by atoms with Crippen LogP contribution in [0.4, 0.5) is 4.79 Å². The maximum absolute atomic E-state index is 13.1. The van der Waals surface area contributed by atoms with Crippen molar-refractivity contribution < 1.29 is 22.7 Å². The molecular weight excluding hydrogens is 602 g/mol. The molecule has 2 N–H and O–H groups in total. The third-order valence-electron chi connectivity index (χ3n) is 5.33. The van der Waals surface area contributed by atoms with E-state index in [-0.39, 0.29) is 23.9 Å². The van der Waals surface area contributed by atoms with E-state index in [4.69, 9.17) is 4.74 Å². The average Bonchev–Trinajstić information content (AvgIpc) is 3.14. The number of halogens is 2. The molecule has 0 radical (unpaired) electrons. The zero-order valence-corrected chi connectivity index (χ0v) is 24.0. The third-order valence-corrected chi connectivity index (χ3v) is 8.33. The summed E-state index contributed by atoms with van der Waals surface area (Å²) in [5, 5.41) is 2.87. The Hall–Kier alpha value is -1.95. The van der Waals surface area contributed by atoms with Crippen LogP contribution in [0.3, 0.4) is 0 Å². The van der Waals surface area contributed by atoms with Crippen LogP contribution in [-0.4, -0.2) is 56.1 Å². The molecular formula is C24H29Br2N3O5S. The lowest BCUT2D eigenvalue weighted by Gasteiger charge is -2.28. The van der Waals surface area contributed by atoms with E-state index in [1.54, 1.807) is 51.1 Å². The minimum Gasteiger partial charge on any atom is -0.444 e. The van der Waals surface area contributed by atoms with E-state index in [9.17, 15) is 18.0 Å². The Morgan fingerprint density at radius 3 is 2.51 bits per heavy atom. The highest BCUT2D eigenvalue weighted by Crippen LogP contribution is 2.28. The largest absolute Gasteiger partial charge is 0.444 e. The van der Waals surface area contributed by atoms with Crippen molar-refractivity contribution in [1.82, 2.24) is 14.9 Å². The van der Waals surface area contributed by atoms with Crippen LogP contribution in [0, 0.1) is 6.92 Å². The summed E-state index contributed by atoms with van der Waals surface area (Å²) in [7, 11) is -3.88. The van der Waals surface area contributed by atoms with E-state index in [0.29, 0.717) is 20.9 Å². The van der Waals surface area contributed by atoms with E-state index in [1.807, 2.05) is 13.0 Å². The Balaban J connectivity index is 1.77. The summed E-state index contributed by atoms with van der Waals surface area (Å²) in [4.78, 5) is 27.1. The molecule has 2 aromatic rings. The lowest BCUT2D eigenvalue weighted by molar-refractivity contribution is 0.0222. The van der Waals surface area contributed by atoms with Gasteiger partial charge in [0.1, 0.15) is 5.60 Å². The van der Waals surface area contributed by atoms with Crippen molar-refractivity contribution >= 4 is 53.9 Å². The Kier molecular flexibility index (Phi) is 8.67. The average molecular weight is 631 g/mol. The molecule has 1 heterocycles. The minimum absolute atomic E-state index is 0.0897. The molecule has 0 bridgehead atoms. The second-order valence-electron chi connectivity index (χ2n) is 9.49. The first-order valence-corrected chi connectivity index (χ1v) is 14.1. The topological polar surface area (TPSA) is 105 Å². The number of nitrogens with zero attached hydrogens (tertiary/aromatic N) is 1. The fourth-order valence-electron chi connectivity index (χ4n) is 3.80. The number of aryl methyl sites for hydroxylation is 1. The van der Waals surface area contributed by atoms with Crippen LogP contribution in [-0.2, 0) is 14.8 Å². The van der Waals surface area contributed by atoms with Crippen molar-refractivity contribution in [2.45, 2.75) is 56.7 Å². The Morgan fingerprint density at radius 1 is 1.14 bits per heavy atom. The second-order valence-corrected chi connectivity index (χ2v) is 12.9. The molecule has 11 heteroatoms. The minimum atomic E-state index is -3.88. The molecule has 2 atom stereocenters. The van der Waals surface area contributed by atoms with Gasteiger partial charge in [-0.25, -0.2) is 17.9 Å². The summed E-state index contributed by atoms with van der Waals surface area (Å²) in [5.74, 6) is -0.264. The van der Waals surface area contributed by atoms with Gasteiger partial charge in [0.25, 0.3) is 5.91 Å². The van der Waals surface area contributed by atoms with Crippen molar-refractivity contribution in [3.8, 4) is 0 Å². The number of hydrogen-bond donors (Lipinski definition) is 2. The standard InChI is InChI=1S/C24H29Br2N3O5S/c1-15-6-5-7-16(10-15)22(30)27-13-19-12-18(14-29(19)23(31)34-24(2,3)4)28-35(32,33)21-11-17(25)8-9-20(21)26/h5-11,18-19,28H,12-14H2,1-4H3,(H,27,30)/t18-,19-/m1/s1. The zero-order chi connectivity index (χ0) is 26.0. The Morgan fingerprint density at radius 2 is 1.86 bits per heavy atom. The van der Waals surface area contributed by atoms with Crippen LogP contribution < -0.4 is 10.0 Å². The zero-order valence-electron chi connectivity index (χ0n) is 20.0. The molecule has 3 rings (SSSR count). The molecule has 0 saturated carbocycles. The normalized spacial score (nSPS) is 18.4. The maximum atomic E-state index is 13.1. The second kappa shape index (κ2) is 11.0. The number of rotatable bonds is 6.